The van der Waals surface area contributed by atoms with Gasteiger partial charge in [-0.25, -0.2) is 9.27 Å². The molecule has 0 aliphatic carbocycles. The Labute approximate surface area is 172 Å². The second-order valence-corrected chi connectivity index (χ2v) is 7.30. The van der Waals surface area contributed by atoms with Crippen LogP contribution in [0, 0.1) is 0 Å². The number of benzene rings is 2. The van der Waals surface area contributed by atoms with E-state index in [9.17, 15) is 13.6 Å². The molecule has 1 unspecified atom stereocenters. The summed E-state index contributed by atoms with van der Waals surface area (Å²) in [7, 11) is 1.50. The molecule has 8 nitrogen and oxygen atoms in total. The summed E-state index contributed by atoms with van der Waals surface area (Å²) in [5.74, 6) is 0.526. The SMILES string of the molecule is CN(OS(=O)[O-])c1ccc(CN=C(N)[C@@H]2CCC(=O)N2Cc2ccccc2)cc1. The van der Waals surface area contributed by atoms with Crippen molar-refractivity contribution in [3.8, 4) is 0 Å². The molecule has 0 bridgehead atoms. The van der Waals surface area contributed by atoms with Crippen LogP contribution in [0.4, 0.5) is 5.69 Å². The van der Waals surface area contributed by atoms with E-state index in [1.54, 1.807) is 17.0 Å². The van der Waals surface area contributed by atoms with E-state index in [4.69, 9.17) is 5.73 Å². The molecule has 1 saturated heterocycles. The molecule has 0 radical (unpaired) electrons. The number of aliphatic imine (C=N–C) groups is 1. The summed E-state index contributed by atoms with van der Waals surface area (Å²) in [5.41, 5.74) is 8.78. The molecule has 1 fully saturated rings. The first-order chi connectivity index (χ1) is 13.9. The average Bonchev–Trinajstić information content (AvgIpc) is 3.07. The van der Waals surface area contributed by atoms with Crippen molar-refractivity contribution in [2.45, 2.75) is 32.0 Å². The quantitative estimate of drug-likeness (QED) is 0.305. The van der Waals surface area contributed by atoms with Gasteiger partial charge in [0.25, 0.3) is 0 Å². The van der Waals surface area contributed by atoms with Gasteiger partial charge in [0.1, 0.15) is 17.2 Å². The number of anilines is 1. The number of likely N-dealkylation sites (tertiary alicyclic amines) is 1. The number of carbonyl (C=O) groups is 1. The van der Waals surface area contributed by atoms with Crippen molar-refractivity contribution in [2.75, 3.05) is 12.1 Å². The molecule has 1 amide bonds. The number of nitrogens with two attached hydrogens (primary N) is 1. The second kappa shape index (κ2) is 9.64. The maximum atomic E-state index is 12.3. The predicted molar refractivity (Wildman–Crippen MR) is 110 cm³/mol. The van der Waals surface area contributed by atoms with Crippen molar-refractivity contribution in [2.24, 2.45) is 10.7 Å². The molecule has 2 aromatic rings. The molecule has 0 spiro atoms. The Hall–Kier alpha value is -2.75. The summed E-state index contributed by atoms with van der Waals surface area (Å²) in [6.07, 6.45) is 1.13. The lowest BCUT2D eigenvalue weighted by Gasteiger charge is -2.24. The maximum absolute atomic E-state index is 12.3. The van der Waals surface area contributed by atoms with Crippen LogP contribution in [0.5, 0.6) is 0 Å². The van der Waals surface area contributed by atoms with Gasteiger partial charge in [0.2, 0.25) is 5.91 Å². The third-order valence-corrected chi connectivity index (χ3v) is 5.13. The molecule has 3 rings (SSSR count). The number of amidine groups is 1. The Morgan fingerprint density at radius 2 is 1.93 bits per heavy atom. The van der Waals surface area contributed by atoms with Gasteiger partial charge in [-0.2, -0.15) is 4.28 Å². The molecule has 2 atom stereocenters. The van der Waals surface area contributed by atoms with E-state index in [0.717, 1.165) is 16.2 Å². The first-order valence-corrected chi connectivity index (χ1v) is 10.2. The minimum atomic E-state index is -2.63. The summed E-state index contributed by atoms with van der Waals surface area (Å²) >= 11 is -2.63. The first-order valence-electron chi connectivity index (χ1n) is 9.17. The normalized spacial score (nSPS) is 18.1. The number of amides is 1. The summed E-state index contributed by atoms with van der Waals surface area (Å²) < 4.78 is 25.8. The van der Waals surface area contributed by atoms with Gasteiger partial charge in [0.15, 0.2) is 0 Å². The molecule has 0 aromatic heterocycles. The minimum Gasteiger partial charge on any atom is -0.748 e. The third kappa shape index (κ3) is 5.63. The largest absolute Gasteiger partial charge is 0.748 e. The van der Waals surface area contributed by atoms with Crippen LogP contribution in [0.2, 0.25) is 0 Å². The summed E-state index contributed by atoms with van der Waals surface area (Å²) in [6, 6.07) is 16.7. The minimum absolute atomic E-state index is 0.0835. The van der Waals surface area contributed by atoms with Crippen molar-refractivity contribution >= 4 is 28.8 Å². The molecule has 2 N–H and O–H groups in total. The smallest absolute Gasteiger partial charge is 0.223 e. The molecule has 1 aliphatic rings. The van der Waals surface area contributed by atoms with E-state index in [1.165, 1.54) is 7.05 Å². The second-order valence-electron chi connectivity index (χ2n) is 6.75. The highest BCUT2D eigenvalue weighted by Crippen LogP contribution is 2.22. The van der Waals surface area contributed by atoms with E-state index in [0.29, 0.717) is 37.5 Å². The fourth-order valence-corrected chi connectivity index (χ4v) is 3.52. The Morgan fingerprint density at radius 1 is 1.24 bits per heavy atom. The zero-order valence-corrected chi connectivity index (χ0v) is 16.9. The third-order valence-electron chi connectivity index (χ3n) is 4.78. The van der Waals surface area contributed by atoms with E-state index in [1.807, 2.05) is 42.5 Å². The monoisotopic (exact) mass is 415 g/mol. The number of nitrogens with zero attached hydrogens (tertiary/aromatic N) is 3. The molecular weight excluding hydrogens is 392 g/mol. The van der Waals surface area contributed by atoms with Crippen molar-refractivity contribution in [3.05, 3.63) is 65.7 Å². The van der Waals surface area contributed by atoms with Crippen LogP contribution in [-0.4, -0.2) is 38.5 Å². The fourth-order valence-electron chi connectivity index (χ4n) is 3.25. The zero-order valence-electron chi connectivity index (χ0n) is 16.1. The van der Waals surface area contributed by atoms with Crippen LogP contribution in [0.1, 0.15) is 24.0 Å². The molecule has 29 heavy (non-hydrogen) atoms. The summed E-state index contributed by atoms with van der Waals surface area (Å²) in [4.78, 5) is 18.6. The Balaban J connectivity index is 1.64. The average molecular weight is 415 g/mol. The van der Waals surface area contributed by atoms with Crippen LogP contribution >= 0.6 is 0 Å². The first kappa shape index (κ1) is 21.0. The molecule has 0 saturated carbocycles. The van der Waals surface area contributed by atoms with E-state index in [2.05, 4.69) is 9.28 Å². The van der Waals surface area contributed by atoms with Crippen LogP contribution < -0.4 is 10.8 Å². The van der Waals surface area contributed by atoms with Crippen molar-refractivity contribution < 1.29 is 17.8 Å². The number of hydrogen-bond acceptors (Lipinski definition) is 6. The van der Waals surface area contributed by atoms with Gasteiger partial charge < -0.3 is 15.2 Å². The lowest BCUT2D eigenvalue weighted by Crippen LogP contribution is -2.42. The number of carbonyl (C=O) groups excluding carboxylic acids is 1. The van der Waals surface area contributed by atoms with Crippen LogP contribution in [-0.2, 0) is 33.5 Å². The fraction of sp³-hybridized carbons (Fsp3) is 0.300. The zero-order chi connectivity index (χ0) is 20.8. The Kier molecular flexibility index (Phi) is 6.97. The lowest BCUT2D eigenvalue weighted by molar-refractivity contribution is -0.128. The predicted octanol–water partition coefficient (Wildman–Crippen LogP) is 1.90. The Morgan fingerprint density at radius 3 is 2.59 bits per heavy atom. The van der Waals surface area contributed by atoms with Crippen LogP contribution in [0.3, 0.4) is 0 Å². The van der Waals surface area contributed by atoms with Gasteiger partial charge in [0, 0.05) is 20.0 Å². The topological polar surface area (TPSA) is 111 Å². The van der Waals surface area contributed by atoms with Crippen molar-refractivity contribution in [1.82, 2.24) is 4.90 Å². The van der Waals surface area contributed by atoms with Crippen molar-refractivity contribution in [1.29, 1.82) is 0 Å². The Bertz CT molecular complexity index is 889. The van der Waals surface area contributed by atoms with Gasteiger partial charge in [0.05, 0.1) is 18.3 Å². The van der Waals surface area contributed by atoms with Gasteiger partial charge in [-0.3, -0.25) is 9.79 Å². The van der Waals surface area contributed by atoms with Gasteiger partial charge in [-0.15, -0.1) is 0 Å². The highest BCUT2D eigenvalue weighted by Gasteiger charge is 2.33. The van der Waals surface area contributed by atoms with Crippen LogP contribution in [0.15, 0.2) is 59.6 Å². The van der Waals surface area contributed by atoms with Gasteiger partial charge in [-0.05, 0) is 29.7 Å². The van der Waals surface area contributed by atoms with Gasteiger partial charge in [-0.1, -0.05) is 42.5 Å². The standard InChI is InChI=1S/C20H24N4O4S/c1-23(28-29(26)27)17-9-7-15(8-10-17)13-22-20(21)18-11-12-19(25)24(18)14-16-5-3-2-4-6-16/h2-10,18H,11-14H2,1H3,(H2,21,22)(H,26,27)/p-1/t18-/m0/s1. The van der Waals surface area contributed by atoms with Crippen LogP contribution in [0.25, 0.3) is 0 Å². The number of rotatable bonds is 8. The van der Waals surface area contributed by atoms with Gasteiger partial charge >= 0.3 is 0 Å². The summed E-state index contributed by atoms with van der Waals surface area (Å²) in [5, 5.41) is 1.15. The van der Waals surface area contributed by atoms with E-state index >= 15 is 0 Å². The summed E-state index contributed by atoms with van der Waals surface area (Å²) in [6.45, 7) is 0.886. The molecule has 2 aromatic carbocycles. The highest BCUT2D eigenvalue weighted by molar-refractivity contribution is 7.74. The molecule has 1 aliphatic heterocycles. The highest BCUT2D eigenvalue weighted by atomic mass is 32.2. The van der Waals surface area contributed by atoms with E-state index in [-0.39, 0.29) is 11.9 Å². The molecular formula is C20H23N4O4S-. The molecule has 9 heteroatoms. The van der Waals surface area contributed by atoms with E-state index < -0.39 is 11.4 Å². The lowest BCUT2D eigenvalue weighted by atomic mass is 10.1. The van der Waals surface area contributed by atoms with Crippen molar-refractivity contribution in [3.63, 3.8) is 0 Å². The molecule has 1 heterocycles. The maximum Gasteiger partial charge on any atom is 0.223 e. The number of hydrogen-bond donors (Lipinski definition) is 1. The molecule has 154 valence electrons. The number of hydroxylamine groups is 1.